The van der Waals surface area contributed by atoms with Crippen molar-refractivity contribution in [2.75, 3.05) is 0 Å². The van der Waals surface area contributed by atoms with E-state index in [1.165, 1.54) is 45.7 Å². The number of hydrogen-bond acceptors (Lipinski definition) is 4. The van der Waals surface area contributed by atoms with Gasteiger partial charge in [0.2, 0.25) is 0 Å². The van der Waals surface area contributed by atoms with Crippen LogP contribution in [0.2, 0.25) is 0 Å². The number of carboxylic acids is 4. The Morgan fingerprint density at radius 3 is 1.11 bits per heavy atom. The van der Waals surface area contributed by atoms with Crippen LogP contribution in [0.15, 0.2) is 84.0 Å². The molecule has 2 rings (SSSR count). The van der Waals surface area contributed by atoms with Crippen LogP contribution >= 0.6 is 0 Å². The van der Waals surface area contributed by atoms with Crippen molar-refractivity contribution in [3.05, 3.63) is 84.0 Å². The Bertz CT molecular complexity index is 1070. The molecule has 0 bridgehead atoms. The van der Waals surface area contributed by atoms with Crippen LogP contribution < -0.4 is 7.16 Å². The Morgan fingerprint density at radius 2 is 0.822 bits per heavy atom. The zero-order valence-corrected chi connectivity index (χ0v) is 29.6. The fourth-order valence-corrected chi connectivity index (χ4v) is 7.18. The molecule has 45 heavy (non-hydrogen) atoms. The van der Waals surface area contributed by atoms with Gasteiger partial charge in [0.05, 0.1) is 0 Å². The molecule has 0 spiro atoms. The van der Waals surface area contributed by atoms with Gasteiger partial charge in [-0.2, -0.15) is 0 Å². The molecule has 0 heterocycles. The fraction of sp³-hybridized carbons (Fsp3) is 0.444. The third-order valence-corrected chi connectivity index (χ3v) is 10.1. The summed E-state index contributed by atoms with van der Waals surface area (Å²) in [6, 6.07) is 21.6. The van der Waals surface area contributed by atoms with E-state index in [9.17, 15) is 19.2 Å². The molecule has 0 saturated carbocycles. The number of benzene rings is 2. The van der Waals surface area contributed by atoms with Crippen LogP contribution in [-0.4, -0.2) is 65.4 Å². The first kappa shape index (κ1) is 41.6. The van der Waals surface area contributed by atoms with Gasteiger partial charge in [0.25, 0.3) is 0 Å². The van der Waals surface area contributed by atoms with E-state index in [-0.39, 0.29) is 11.1 Å². The van der Waals surface area contributed by atoms with E-state index < -0.39 is 45.0 Å². The molecular weight excluding hydrogens is 679 g/mol. The number of carboxylic acid groups (broad SMARTS) is 4. The monoisotopic (exact) mass is 730 g/mol. The van der Waals surface area contributed by atoms with Crippen molar-refractivity contribution >= 4 is 52.2 Å². The van der Waals surface area contributed by atoms with Crippen molar-refractivity contribution in [1.82, 2.24) is 0 Å². The van der Waals surface area contributed by atoms with Gasteiger partial charge in [-0.3, -0.25) is 0 Å². The third-order valence-electron chi connectivity index (χ3n) is 6.58. The molecule has 0 atom stereocenters. The van der Waals surface area contributed by atoms with E-state index in [1.54, 1.807) is 0 Å². The maximum atomic E-state index is 10.7. The Balaban J connectivity index is 0.000000648. The van der Waals surface area contributed by atoms with Gasteiger partial charge >= 0.3 is 113 Å². The molecule has 0 aliphatic rings. The van der Waals surface area contributed by atoms with Gasteiger partial charge in [-0.05, 0) is 25.7 Å². The first-order chi connectivity index (χ1) is 21.6. The van der Waals surface area contributed by atoms with Gasteiger partial charge in [0.1, 0.15) is 0 Å². The van der Waals surface area contributed by atoms with Crippen molar-refractivity contribution in [1.29, 1.82) is 0 Å². The molecule has 0 aliphatic heterocycles. The van der Waals surface area contributed by atoms with Crippen molar-refractivity contribution in [2.45, 2.75) is 104 Å². The predicted molar refractivity (Wildman–Crippen MR) is 181 cm³/mol. The Morgan fingerprint density at radius 1 is 0.511 bits per heavy atom. The first-order valence-electron chi connectivity index (χ1n) is 15.8. The van der Waals surface area contributed by atoms with Gasteiger partial charge in [0, 0.05) is 23.3 Å². The van der Waals surface area contributed by atoms with Crippen LogP contribution in [0.1, 0.15) is 104 Å². The second-order valence-corrected chi connectivity index (χ2v) is 14.5. The zero-order chi connectivity index (χ0) is 33.7. The Hall–Kier alpha value is -3.40. The van der Waals surface area contributed by atoms with E-state index in [0.717, 1.165) is 50.7 Å². The molecule has 8 nitrogen and oxygen atoms in total. The Kier molecular flexibility index (Phi) is 26.0. The Labute approximate surface area is 278 Å². The minimum atomic E-state index is -1.19. The summed E-state index contributed by atoms with van der Waals surface area (Å²) < 4.78 is 3.08. The first-order valence-corrected chi connectivity index (χ1v) is 18.7. The zero-order valence-electron chi connectivity index (χ0n) is 26.7. The number of carbonyl (C=O) groups is 4. The number of unbranched alkanes of at least 4 members (excludes halogenated alkanes) is 10. The standard InChI is InChI=1S/2C12H20O4.2C6H5.Sn/c2*1-2-3-4-5-6-7-8-10(12(15)16)9-11(13)14;2*1-2-4-6-5-3-1;/h2*9H,2-8H2,1H3,(H,13,14)(H,15,16);2*1-5H;/b2*10-9-;;;. The number of aliphatic carboxylic acids is 4. The van der Waals surface area contributed by atoms with E-state index in [2.05, 4.69) is 74.5 Å². The van der Waals surface area contributed by atoms with Gasteiger partial charge in [-0.1, -0.05) is 78.1 Å². The molecule has 9 heteroatoms. The average Bonchev–Trinajstić information content (AvgIpc) is 3.00. The number of hydrogen-bond donors (Lipinski definition) is 4. The molecule has 2 radical (unpaired) electrons. The van der Waals surface area contributed by atoms with Gasteiger partial charge in [0.15, 0.2) is 0 Å². The number of rotatable bonds is 20. The fourth-order valence-electron chi connectivity index (χ4n) is 4.18. The van der Waals surface area contributed by atoms with Gasteiger partial charge in [-0.25, -0.2) is 19.2 Å². The summed E-state index contributed by atoms with van der Waals surface area (Å²) >= 11 is -0.517. The summed E-state index contributed by atoms with van der Waals surface area (Å²) in [5.74, 6) is -4.64. The second kappa shape index (κ2) is 28.1. The van der Waals surface area contributed by atoms with Crippen LogP contribution in [0.25, 0.3) is 0 Å². The topological polar surface area (TPSA) is 149 Å². The predicted octanol–water partition coefficient (Wildman–Crippen LogP) is 7.01. The van der Waals surface area contributed by atoms with Crippen LogP contribution in [0.3, 0.4) is 0 Å². The van der Waals surface area contributed by atoms with E-state index in [4.69, 9.17) is 20.4 Å². The SMILES string of the molecule is CCCCCCCC/C(=C/C(=O)O)C(=O)O.CCCCCCCC/C(=C/C(=O)O)C(=O)O.c1cc[c]([Sn][c]2ccccc2)cc1. The molecule has 0 saturated heterocycles. The molecule has 0 unspecified atom stereocenters. The van der Waals surface area contributed by atoms with E-state index in [1.807, 2.05) is 0 Å². The summed E-state index contributed by atoms with van der Waals surface area (Å²) in [6.45, 7) is 4.27. The maximum absolute atomic E-state index is 10.7. The second-order valence-electron chi connectivity index (χ2n) is 10.5. The van der Waals surface area contributed by atoms with Gasteiger partial charge < -0.3 is 20.4 Å². The molecule has 0 aromatic heterocycles. The van der Waals surface area contributed by atoms with E-state index >= 15 is 0 Å². The normalized spacial score (nSPS) is 11.0. The van der Waals surface area contributed by atoms with Crippen LogP contribution in [-0.2, 0) is 19.2 Å². The van der Waals surface area contributed by atoms with Crippen molar-refractivity contribution in [2.24, 2.45) is 0 Å². The van der Waals surface area contributed by atoms with Crippen LogP contribution in [0, 0.1) is 0 Å². The minimum absolute atomic E-state index is 0.0111. The average molecular weight is 729 g/mol. The van der Waals surface area contributed by atoms with E-state index in [0.29, 0.717) is 12.8 Å². The van der Waals surface area contributed by atoms with Crippen LogP contribution in [0.5, 0.6) is 0 Å². The molecule has 246 valence electrons. The van der Waals surface area contributed by atoms with Gasteiger partial charge in [-0.15, -0.1) is 0 Å². The summed E-state index contributed by atoms with van der Waals surface area (Å²) in [7, 11) is 0. The van der Waals surface area contributed by atoms with Crippen molar-refractivity contribution in [3.8, 4) is 0 Å². The summed E-state index contributed by atoms with van der Waals surface area (Å²) in [4.78, 5) is 42.0. The quantitative estimate of drug-likeness (QED) is 0.0647. The molecule has 0 aliphatic carbocycles. The van der Waals surface area contributed by atoms with Crippen molar-refractivity contribution < 1.29 is 39.6 Å². The molecule has 2 aromatic rings. The van der Waals surface area contributed by atoms with Crippen LogP contribution in [0.4, 0.5) is 0 Å². The molecule has 4 N–H and O–H groups in total. The van der Waals surface area contributed by atoms with Crippen molar-refractivity contribution in [3.63, 3.8) is 0 Å². The third kappa shape index (κ3) is 25.6. The molecular formula is C36H50O8Sn. The molecule has 2 aromatic carbocycles. The molecule has 0 amide bonds. The summed E-state index contributed by atoms with van der Waals surface area (Å²) in [6.07, 6.45) is 15.0. The summed E-state index contributed by atoms with van der Waals surface area (Å²) in [5, 5.41) is 34.4. The molecule has 0 fully saturated rings. The summed E-state index contributed by atoms with van der Waals surface area (Å²) in [5.41, 5.74) is -0.0222.